The second-order valence-corrected chi connectivity index (χ2v) is 13.8. The summed E-state index contributed by atoms with van der Waals surface area (Å²) in [6, 6.07) is 51.7. The third kappa shape index (κ3) is 5.33. The molecule has 1 aromatic heterocycles. The summed E-state index contributed by atoms with van der Waals surface area (Å²) >= 11 is 1.80. The van der Waals surface area contributed by atoms with Gasteiger partial charge in [-0.25, -0.2) is 0 Å². The zero-order valence-corrected chi connectivity index (χ0v) is 28.7. The first-order valence-electron chi connectivity index (χ1n) is 20.7. The molecule has 52 heavy (non-hydrogen) atoms. The molecule has 0 bridgehead atoms. The van der Waals surface area contributed by atoms with Gasteiger partial charge in [0.2, 0.25) is 0 Å². The van der Waals surface area contributed by atoms with Crippen LogP contribution < -0.4 is 4.90 Å². The SMILES string of the molecule is [2H]c1c([2H])c([2H])c2c([2H])c(-c3ccc(N(c4ccc(-c5cccc6ccccc56)cc4)c4cccc(-c5cccc6c5sc5ccccc56)c4)cc3)c([2H])c([2H])c2c1[2H]. The molecule has 0 spiro atoms. The molecule has 9 aromatic carbocycles. The number of benzene rings is 9. The third-order valence-electron chi connectivity index (χ3n) is 9.71. The van der Waals surface area contributed by atoms with E-state index in [1.165, 1.54) is 30.9 Å². The van der Waals surface area contributed by atoms with Crippen LogP contribution in [0.1, 0.15) is 9.60 Å². The second kappa shape index (κ2) is 12.7. The van der Waals surface area contributed by atoms with Gasteiger partial charge in [-0.1, -0.05) is 152 Å². The number of nitrogens with zero attached hydrogens (tertiary/aromatic N) is 1. The number of rotatable bonds is 6. The van der Waals surface area contributed by atoms with Gasteiger partial charge in [-0.15, -0.1) is 11.3 Å². The van der Waals surface area contributed by atoms with Gasteiger partial charge < -0.3 is 4.90 Å². The van der Waals surface area contributed by atoms with Crippen molar-refractivity contribution in [3.63, 3.8) is 0 Å². The molecular weight excluding hydrogens is 647 g/mol. The summed E-state index contributed by atoms with van der Waals surface area (Å²) in [5.41, 5.74) is 7.81. The highest BCUT2D eigenvalue weighted by Gasteiger charge is 2.16. The smallest absolute Gasteiger partial charge is 0.0636 e. The van der Waals surface area contributed by atoms with Gasteiger partial charge in [0.1, 0.15) is 0 Å². The Morgan fingerprint density at radius 3 is 1.90 bits per heavy atom. The van der Waals surface area contributed by atoms with Crippen LogP contribution in [0, 0.1) is 0 Å². The van der Waals surface area contributed by atoms with Crippen LogP contribution in [0.5, 0.6) is 0 Å². The molecule has 0 N–H and O–H groups in total. The standard InChI is InChI=1S/C50H33NS/c1-2-12-38-32-39(23-22-34(38)10-1)35-24-28-41(29-25-35)51(42-30-26-37(27-31-42)45-18-8-13-36-11-3-4-16-44(36)45)43-15-7-14-40(33-43)46-19-9-20-48-47-17-5-6-21-49(47)52-50(46)48/h1-33H/i1D,2D,10D,12D,22D,23D,32D. The number of hydrogen-bond donors (Lipinski definition) is 0. The van der Waals surface area contributed by atoms with Gasteiger partial charge in [0, 0.05) is 37.2 Å². The van der Waals surface area contributed by atoms with Crippen molar-refractivity contribution in [3.05, 3.63) is 200 Å². The van der Waals surface area contributed by atoms with Crippen LogP contribution in [0.3, 0.4) is 0 Å². The molecule has 2 heteroatoms. The Hall–Kier alpha value is -6.48. The Kier molecular flexibility index (Phi) is 5.82. The quantitative estimate of drug-likeness (QED) is 0.168. The van der Waals surface area contributed by atoms with Crippen LogP contribution in [-0.2, 0) is 0 Å². The zero-order valence-electron chi connectivity index (χ0n) is 34.9. The van der Waals surface area contributed by atoms with E-state index in [0.717, 1.165) is 39.3 Å². The van der Waals surface area contributed by atoms with Crippen LogP contribution >= 0.6 is 11.3 Å². The highest BCUT2D eigenvalue weighted by molar-refractivity contribution is 7.26. The Labute approximate surface area is 317 Å². The molecule has 0 saturated carbocycles. The molecule has 244 valence electrons. The van der Waals surface area contributed by atoms with E-state index >= 15 is 0 Å². The molecular formula is C50H33NS. The Morgan fingerprint density at radius 2 is 1.06 bits per heavy atom. The van der Waals surface area contributed by atoms with Crippen molar-refractivity contribution in [1.82, 2.24) is 0 Å². The van der Waals surface area contributed by atoms with Gasteiger partial charge in [-0.3, -0.25) is 0 Å². The molecule has 1 nitrogen and oxygen atoms in total. The van der Waals surface area contributed by atoms with Gasteiger partial charge in [0.05, 0.1) is 9.60 Å². The maximum absolute atomic E-state index is 9.11. The van der Waals surface area contributed by atoms with E-state index < -0.39 is 18.1 Å². The normalized spacial score (nSPS) is 13.3. The van der Waals surface area contributed by atoms with Crippen molar-refractivity contribution in [2.45, 2.75) is 0 Å². The first-order valence-corrected chi connectivity index (χ1v) is 18.0. The Balaban J connectivity index is 1.12. The maximum atomic E-state index is 9.11. The number of thiophene rings is 1. The maximum Gasteiger partial charge on any atom is 0.0636 e. The van der Waals surface area contributed by atoms with Crippen LogP contribution in [0.4, 0.5) is 17.1 Å². The van der Waals surface area contributed by atoms with E-state index in [0.29, 0.717) is 5.56 Å². The minimum Gasteiger partial charge on any atom is -0.310 e. The Morgan fingerprint density at radius 1 is 0.404 bits per heavy atom. The van der Waals surface area contributed by atoms with Gasteiger partial charge >= 0.3 is 0 Å². The van der Waals surface area contributed by atoms with E-state index in [1.807, 2.05) is 24.3 Å². The average Bonchev–Trinajstić information content (AvgIpc) is 3.66. The van der Waals surface area contributed by atoms with Crippen LogP contribution in [0.25, 0.3) is 75.1 Å². The van der Waals surface area contributed by atoms with Crippen LogP contribution in [-0.4, -0.2) is 0 Å². The number of hydrogen-bond acceptors (Lipinski definition) is 2. The van der Waals surface area contributed by atoms with E-state index in [-0.39, 0.29) is 40.5 Å². The lowest BCUT2D eigenvalue weighted by Crippen LogP contribution is -2.10. The fraction of sp³-hybridized carbons (Fsp3) is 0. The van der Waals surface area contributed by atoms with E-state index in [1.54, 1.807) is 11.3 Å². The van der Waals surface area contributed by atoms with Crippen molar-refractivity contribution in [2.75, 3.05) is 4.90 Å². The third-order valence-corrected chi connectivity index (χ3v) is 10.9. The summed E-state index contributed by atoms with van der Waals surface area (Å²) < 4.78 is 62.7. The average molecular weight is 687 g/mol. The monoisotopic (exact) mass is 686 g/mol. The molecule has 0 aliphatic heterocycles. The predicted molar refractivity (Wildman–Crippen MR) is 225 cm³/mol. The molecule has 10 aromatic rings. The van der Waals surface area contributed by atoms with Crippen molar-refractivity contribution in [1.29, 1.82) is 0 Å². The van der Waals surface area contributed by atoms with Crippen LogP contribution in [0.15, 0.2) is 200 Å². The lowest BCUT2D eigenvalue weighted by atomic mass is 9.97. The lowest BCUT2D eigenvalue weighted by Gasteiger charge is -2.26. The van der Waals surface area contributed by atoms with E-state index in [2.05, 4.69) is 138 Å². The number of fused-ring (bicyclic) bond motifs is 5. The minimum absolute atomic E-state index is 0.0607. The molecule has 0 fully saturated rings. The fourth-order valence-electron chi connectivity index (χ4n) is 7.20. The number of anilines is 3. The van der Waals surface area contributed by atoms with Crippen molar-refractivity contribution >= 4 is 70.1 Å². The molecule has 0 unspecified atom stereocenters. The summed E-state index contributed by atoms with van der Waals surface area (Å²) in [5.74, 6) is 0. The topological polar surface area (TPSA) is 3.24 Å². The predicted octanol–water partition coefficient (Wildman–Crippen LogP) is 14.8. The molecule has 0 amide bonds. The first-order chi connectivity index (χ1) is 28.7. The van der Waals surface area contributed by atoms with Gasteiger partial charge in [0.25, 0.3) is 0 Å². The second-order valence-electron chi connectivity index (χ2n) is 12.8. The van der Waals surface area contributed by atoms with Gasteiger partial charge in [-0.05, 0) is 103 Å². The van der Waals surface area contributed by atoms with Gasteiger partial charge in [0.15, 0.2) is 0 Å². The molecule has 0 aliphatic rings. The largest absolute Gasteiger partial charge is 0.310 e. The first kappa shape index (κ1) is 23.8. The molecule has 0 atom stereocenters. The van der Waals surface area contributed by atoms with Crippen molar-refractivity contribution in [3.8, 4) is 33.4 Å². The van der Waals surface area contributed by atoms with Crippen molar-refractivity contribution in [2.24, 2.45) is 0 Å². The zero-order chi connectivity index (χ0) is 40.5. The Bertz CT molecular complexity index is 3300. The summed E-state index contributed by atoms with van der Waals surface area (Å²) in [4.78, 5) is 2.18. The lowest BCUT2D eigenvalue weighted by molar-refractivity contribution is 1.28. The van der Waals surface area contributed by atoms with E-state index in [4.69, 9.17) is 9.60 Å². The summed E-state index contributed by atoms with van der Waals surface area (Å²) in [6.45, 7) is 0. The fourth-order valence-corrected chi connectivity index (χ4v) is 8.44. The summed E-state index contributed by atoms with van der Waals surface area (Å²) in [5, 5.41) is 4.66. The molecule has 0 radical (unpaired) electrons. The highest BCUT2D eigenvalue weighted by Crippen LogP contribution is 2.43. The molecule has 1 heterocycles. The summed E-state index contributed by atoms with van der Waals surface area (Å²) in [6.07, 6.45) is 0. The van der Waals surface area contributed by atoms with E-state index in [9.17, 15) is 0 Å². The molecule has 0 aliphatic carbocycles. The highest BCUT2D eigenvalue weighted by atomic mass is 32.1. The minimum atomic E-state index is -0.485. The van der Waals surface area contributed by atoms with Crippen molar-refractivity contribution < 1.29 is 9.60 Å². The van der Waals surface area contributed by atoms with Crippen LogP contribution in [0.2, 0.25) is 0 Å². The molecule has 0 saturated heterocycles. The van der Waals surface area contributed by atoms with Gasteiger partial charge in [-0.2, -0.15) is 0 Å². The summed E-state index contributed by atoms with van der Waals surface area (Å²) in [7, 11) is 0. The molecule has 10 rings (SSSR count).